The summed E-state index contributed by atoms with van der Waals surface area (Å²) in [7, 11) is 0. The van der Waals surface area contributed by atoms with Gasteiger partial charge in [-0.1, -0.05) is 6.92 Å². The first-order valence-electron chi connectivity index (χ1n) is 8.71. The van der Waals surface area contributed by atoms with Crippen molar-refractivity contribution in [1.29, 1.82) is 0 Å². The predicted molar refractivity (Wildman–Crippen MR) is 88.0 cm³/mol. The quantitative estimate of drug-likeness (QED) is 0.856. The van der Waals surface area contributed by atoms with E-state index in [1.54, 1.807) is 6.92 Å². The molecule has 4 nitrogen and oxygen atoms in total. The van der Waals surface area contributed by atoms with Gasteiger partial charge in [-0.05, 0) is 62.8 Å². The van der Waals surface area contributed by atoms with Gasteiger partial charge in [-0.3, -0.25) is 4.79 Å². The average Bonchev–Trinajstić information content (AvgIpc) is 2.56. The number of carbonyl (C=O) groups is 1. The second-order valence-electron chi connectivity index (χ2n) is 7.15. The van der Waals surface area contributed by atoms with Crippen LogP contribution < -0.4 is 4.90 Å². The van der Waals surface area contributed by atoms with Crippen LogP contribution in [0.5, 0.6) is 0 Å². The molecule has 1 saturated carbocycles. The lowest BCUT2D eigenvalue weighted by atomic mass is 9.78. The van der Waals surface area contributed by atoms with E-state index in [4.69, 9.17) is 0 Å². The van der Waals surface area contributed by atoms with Crippen LogP contribution in [0.25, 0.3) is 0 Å². The van der Waals surface area contributed by atoms with E-state index in [1.165, 1.54) is 18.4 Å². The zero-order chi connectivity index (χ0) is 15.5. The Labute approximate surface area is 133 Å². The van der Waals surface area contributed by atoms with Gasteiger partial charge in [-0.15, -0.1) is 0 Å². The molecule has 0 atom stereocenters. The molecule has 1 aromatic heterocycles. The molecule has 2 heterocycles. The Morgan fingerprint density at radius 1 is 1.05 bits per heavy atom. The number of carbonyl (C=O) groups excluding carboxylic acids is 1. The Morgan fingerprint density at radius 3 is 2.18 bits per heavy atom. The van der Waals surface area contributed by atoms with E-state index in [2.05, 4.69) is 21.8 Å². The second-order valence-corrected chi connectivity index (χ2v) is 7.15. The number of nitrogens with zero attached hydrogens (tertiary/aromatic N) is 3. The molecule has 4 heteroatoms. The van der Waals surface area contributed by atoms with Crippen molar-refractivity contribution in [2.24, 2.45) is 11.8 Å². The van der Waals surface area contributed by atoms with Gasteiger partial charge in [0.25, 0.3) is 0 Å². The van der Waals surface area contributed by atoms with E-state index in [0.29, 0.717) is 11.7 Å². The molecular formula is C18H27N3O. The summed E-state index contributed by atoms with van der Waals surface area (Å²) < 4.78 is 0. The molecule has 3 rings (SSSR count). The fourth-order valence-electron chi connectivity index (χ4n) is 3.75. The predicted octanol–water partition coefficient (Wildman–Crippen LogP) is 3.58. The van der Waals surface area contributed by atoms with Crippen molar-refractivity contribution in [3.8, 4) is 0 Å². The molecule has 22 heavy (non-hydrogen) atoms. The molecule has 2 fully saturated rings. The Kier molecular flexibility index (Phi) is 4.74. The molecule has 1 aromatic rings. The van der Waals surface area contributed by atoms with Crippen molar-refractivity contribution >= 4 is 11.7 Å². The lowest BCUT2D eigenvalue weighted by Gasteiger charge is -2.30. The fraction of sp³-hybridized carbons (Fsp3) is 0.722. The summed E-state index contributed by atoms with van der Waals surface area (Å²) in [6, 6.07) is 0. The number of rotatable bonds is 3. The van der Waals surface area contributed by atoms with E-state index >= 15 is 0 Å². The third kappa shape index (κ3) is 3.47. The minimum absolute atomic E-state index is 0.284. The molecule has 1 aliphatic carbocycles. The molecule has 1 saturated heterocycles. The highest BCUT2D eigenvalue weighted by Crippen LogP contribution is 2.35. The highest BCUT2D eigenvalue weighted by molar-refractivity contribution is 5.78. The normalized spacial score (nSPS) is 26.9. The fourth-order valence-corrected chi connectivity index (χ4v) is 3.75. The highest BCUT2D eigenvalue weighted by Gasteiger charge is 2.25. The number of anilines is 1. The first-order valence-corrected chi connectivity index (χ1v) is 8.71. The van der Waals surface area contributed by atoms with Crippen LogP contribution in [-0.2, 0) is 4.79 Å². The van der Waals surface area contributed by atoms with Crippen LogP contribution in [-0.4, -0.2) is 28.8 Å². The van der Waals surface area contributed by atoms with Gasteiger partial charge >= 0.3 is 0 Å². The second kappa shape index (κ2) is 6.76. The van der Waals surface area contributed by atoms with Crippen LogP contribution in [0.1, 0.15) is 63.9 Å². The number of Topliss-reactive ketones (excluding diaryl/α,β-unsaturated/α-hetero) is 1. The molecule has 2 aliphatic rings. The number of aromatic nitrogens is 2. The first-order chi connectivity index (χ1) is 10.6. The van der Waals surface area contributed by atoms with Crippen molar-refractivity contribution in [2.45, 2.75) is 58.3 Å². The molecule has 0 aromatic carbocycles. The Morgan fingerprint density at radius 2 is 1.64 bits per heavy atom. The highest BCUT2D eigenvalue weighted by atomic mass is 16.1. The summed E-state index contributed by atoms with van der Waals surface area (Å²) in [6.45, 7) is 6.19. The molecule has 1 aliphatic heterocycles. The molecular weight excluding hydrogens is 274 g/mol. The van der Waals surface area contributed by atoms with Crippen LogP contribution in [0, 0.1) is 11.8 Å². The monoisotopic (exact) mass is 301 g/mol. The number of ketones is 1. The average molecular weight is 301 g/mol. The molecule has 0 spiro atoms. The molecule has 120 valence electrons. The van der Waals surface area contributed by atoms with Gasteiger partial charge in [0.1, 0.15) is 5.78 Å². The van der Waals surface area contributed by atoms with Crippen LogP contribution >= 0.6 is 0 Å². The smallest absolute Gasteiger partial charge is 0.225 e. The lowest BCUT2D eigenvalue weighted by Crippen LogP contribution is -2.34. The zero-order valence-electron chi connectivity index (χ0n) is 13.8. The third-order valence-electron chi connectivity index (χ3n) is 5.50. The summed E-state index contributed by atoms with van der Waals surface area (Å²) in [5.41, 5.74) is 1.25. The maximum absolute atomic E-state index is 11.5. The SMILES string of the molecule is CC(=O)[C@H]1CC[C@H](c2cnc(N3CCC(C)CC3)nc2)CC1. The van der Waals surface area contributed by atoms with E-state index in [-0.39, 0.29) is 5.92 Å². The van der Waals surface area contributed by atoms with Crippen LogP contribution in [0.4, 0.5) is 5.95 Å². The minimum atomic E-state index is 0.284. The Hall–Kier alpha value is -1.45. The summed E-state index contributed by atoms with van der Waals surface area (Å²) in [6.07, 6.45) is 10.7. The van der Waals surface area contributed by atoms with E-state index in [9.17, 15) is 4.79 Å². The van der Waals surface area contributed by atoms with Gasteiger partial charge in [0.2, 0.25) is 5.95 Å². The number of hydrogen-bond acceptors (Lipinski definition) is 4. The van der Waals surface area contributed by atoms with Gasteiger partial charge in [-0.2, -0.15) is 0 Å². The van der Waals surface area contributed by atoms with Crippen molar-refractivity contribution in [2.75, 3.05) is 18.0 Å². The summed E-state index contributed by atoms with van der Waals surface area (Å²) in [5.74, 6) is 2.88. The summed E-state index contributed by atoms with van der Waals surface area (Å²) in [5, 5.41) is 0. The van der Waals surface area contributed by atoms with E-state index < -0.39 is 0 Å². The maximum atomic E-state index is 11.5. The van der Waals surface area contributed by atoms with Crippen LogP contribution in [0.15, 0.2) is 12.4 Å². The lowest BCUT2D eigenvalue weighted by molar-refractivity contribution is -0.121. The molecule has 0 amide bonds. The van der Waals surface area contributed by atoms with Gasteiger partial charge in [0.15, 0.2) is 0 Å². The van der Waals surface area contributed by atoms with E-state index in [1.807, 2.05) is 12.4 Å². The van der Waals surface area contributed by atoms with Crippen molar-refractivity contribution in [1.82, 2.24) is 9.97 Å². The summed E-state index contributed by atoms with van der Waals surface area (Å²) in [4.78, 5) is 23.0. The van der Waals surface area contributed by atoms with E-state index in [0.717, 1.165) is 50.6 Å². The van der Waals surface area contributed by atoms with Crippen LogP contribution in [0.3, 0.4) is 0 Å². The standard InChI is InChI=1S/C18H27N3O/c1-13-7-9-21(10-8-13)18-19-11-17(12-20-18)16-5-3-15(4-6-16)14(2)22/h11-13,15-16H,3-10H2,1-2H3/t15-,16-. The first kappa shape index (κ1) is 15.4. The number of hydrogen-bond donors (Lipinski definition) is 0. The van der Waals surface area contributed by atoms with Crippen molar-refractivity contribution < 1.29 is 4.79 Å². The summed E-state index contributed by atoms with van der Waals surface area (Å²) >= 11 is 0. The molecule has 0 radical (unpaired) electrons. The largest absolute Gasteiger partial charge is 0.341 e. The Bertz CT molecular complexity index is 498. The molecule has 0 N–H and O–H groups in total. The van der Waals surface area contributed by atoms with Gasteiger partial charge < -0.3 is 4.90 Å². The third-order valence-corrected chi connectivity index (χ3v) is 5.50. The number of piperidine rings is 1. The van der Waals surface area contributed by atoms with Gasteiger partial charge in [-0.25, -0.2) is 9.97 Å². The van der Waals surface area contributed by atoms with Gasteiger partial charge in [0.05, 0.1) is 0 Å². The van der Waals surface area contributed by atoms with Gasteiger partial charge in [0, 0.05) is 31.4 Å². The van der Waals surface area contributed by atoms with Crippen LogP contribution in [0.2, 0.25) is 0 Å². The molecule has 0 unspecified atom stereocenters. The van der Waals surface area contributed by atoms with Crippen molar-refractivity contribution in [3.63, 3.8) is 0 Å². The minimum Gasteiger partial charge on any atom is -0.341 e. The molecule has 0 bridgehead atoms. The van der Waals surface area contributed by atoms with Crippen molar-refractivity contribution in [3.05, 3.63) is 18.0 Å². The Balaban J connectivity index is 1.59. The maximum Gasteiger partial charge on any atom is 0.225 e. The topological polar surface area (TPSA) is 46.1 Å². The zero-order valence-corrected chi connectivity index (χ0v) is 13.8.